The fourth-order valence-electron chi connectivity index (χ4n) is 1.39. The molecule has 0 aromatic heterocycles. The van der Waals surface area contributed by atoms with Crippen molar-refractivity contribution in [3.8, 4) is 0 Å². The summed E-state index contributed by atoms with van der Waals surface area (Å²) in [6.07, 6.45) is -0.140. The van der Waals surface area contributed by atoms with E-state index in [4.69, 9.17) is 16.3 Å². The van der Waals surface area contributed by atoms with Crippen LogP contribution < -0.4 is 5.32 Å². The van der Waals surface area contributed by atoms with Gasteiger partial charge in [0.15, 0.2) is 0 Å². The topological polar surface area (TPSA) is 58.6 Å². The minimum absolute atomic E-state index is 0.257. The van der Waals surface area contributed by atoms with Crippen molar-refractivity contribution in [2.24, 2.45) is 0 Å². The van der Waals surface area contributed by atoms with Crippen LogP contribution in [-0.4, -0.2) is 37.4 Å². The molecule has 0 saturated carbocycles. The van der Waals surface area contributed by atoms with Gasteiger partial charge in [0.2, 0.25) is 0 Å². The lowest BCUT2D eigenvalue weighted by Gasteiger charge is -2.10. The summed E-state index contributed by atoms with van der Waals surface area (Å²) in [6, 6.07) is 5.07. The largest absolute Gasteiger partial charge is 0.391 e. The van der Waals surface area contributed by atoms with Crippen LogP contribution in [0.15, 0.2) is 22.7 Å². The first-order valence-electron chi connectivity index (χ1n) is 5.45. The number of benzene rings is 1. The molecule has 1 aromatic rings. The number of ether oxygens (including phenoxy) is 1. The molecule has 6 heteroatoms. The zero-order valence-corrected chi connectivity index (χ0v) is 12.3. The van der Waals surface area contributed by atoms with E-state index in [1.807, 2.05) is 0 Å². The number of aliphatic hydroxyl groups excluding tert-OH is 1. The molecule has 0 fully saturated rings. The Kier molecular flexibility index (Phi) is 6.63. The maximum absolute atomic E-state index is 11.8. The summed E-state index contributed by atoms with van der Waals surface area (Å²) in [7, 11) is 1.52. The number of amides is 1. The Bertz CT molecular complexity index is 414. The van der Waals surface area contributed by atoms with Gasteiger partial charge in [-0.05, 0) is 24.6 Å². The van der Waals surface area contributed by atoms with E-state index in [2.05, 4.69) is 21.2 Å². The van der Waals surface area contributed by atoms with Gasteiger partial charge in [-0.15, -0.1) is 0 Å². The first-order chi connectivity index (χ1) is 8.54. The van der Waals surface area contributed by atoms with E-state index in [0.717, 1.165) is 4.47 Å². The minimum Gasteiger partial charge on any atom is -0.391 e. The van der Waals surface area contributed by atoms with Gasteiger partial charge in [-0.1, -0.05) is 27.5 Å². The quantitative estimate of drug-likeness (QED) is 0.837. The molecule has 100 valence electrons. The standard InChI is InChI=1S/C12H15BrClNO3/c1-18-7-9(16)4-5-15-12(17)10-6-8(13)2-3-11(10)14/h2-3,6,9,16H,4-5,7H2,1H3,(H,15,17). The molecule has 1 atom stereocenters. The van der Waals surface area contributed by atoms with Gasteiger partial charge in [-0.25, -0.2) is 0 Å². The van der Waals surface area contributed by atoms with Crippen LogP contribution in [0, 0.1) is 0 Å². The first-order valence-corrected chi connectivity index (χ1v) is 6.62. The van der Waals surface area contributed by atoms with E-state index >= 15 is 0 Å². The molecule has 0 radical (unpaired) electrons. The maximum atomic E-state index is 11.8. The van der Waals surface area contributed by atoms with Crippen LogP contribution in [-0.2, 0) is 4.74 Å². The van der Waals surface area contributed by atoms with Crippen molar-refractivity contribution in [2.45, 2.75) is 12.5 Å². The number of carbonyl (C=O) groups excluding carboxylic acids is 1. The average molecular weight is 337 g/mol. The smallest absolute Gasteiger partial charge is 0.252 e. The number of methoxy groups -OCH3 is 1. The van der Waals surface area contributed by atoms with Crippen molar-refractivity contribution in [3.05, 3.63) is 33.3 Å². The highest BCUT2D eigenvalue weighted by Gasteiger charge is 2.11. The summed E-state index contributed by atoms with van der Waals surface area (Å²) in [5.41, 5.74) is 0.410. The van der Waals surface area contributed by atoms with Crippen LogP contribution in [0.5, 0.6) is 0 Å². The van der Waals surface area contributed by atoms with E-state index in [0.29, 0.717) is 23.6 Å². The number of hydrogen-bond acceptors (Lipinski definition) is 3. The second-order valence-corrected chi connectivity index (χ2v) is 5.10. The Morgan fingerprint density at radius 1 is 1.61 bits per heavy atom. The Hall–Kier alpha value is -0.620. The second kappa shape index (κ2) is 7.74. The number of hydrogen-bond donors (Lipinski definition) is 2. The van der Waals surface area contributed by atoms with Gasteiger partial charge in [0, 0.05) is 18.1 Å². The zero-order valence-electron chi connectivity index (χ0n) is 9.95. The molecule has 0 bridgehead atoms. The molecule has 1 aromatic carbocycles. The van der Waals surface area contributed by atoms with Crippen molar-refractivity contribution in [3.63, 3.8) is 0 Å². The normalized spacial score (nSPS) is 12.2. The van der Waals surface area contributed by atoms with Gasteiger partial charge in [0.25, 0.3) is 5.91 Å². The van der Waals surface area contributed by atoms with Gasteiger partial charge < -0.3 is 15.2 Å². The van der Waals surface area contributed by atoms with Crippen molar-refractivity contribution >= 4 is 33.4 Å². The van der Waals surface area contributed by atoms with E-state index in [1.54, 1.807) is 18.2 Å². The monoisotopic (exact) mass is 335 g/mol. The summed E-state index contributed by atoms with van der Waals surface area (Å²) < 4.78 is 5.58. The molecule has 1 amide bonds. The van der Waals surface area contributed by atoms with Crippen molar-refractivity contribution < 1.29 is 14.6 Å². The van der Waals surface area contributed by atoms with Crippen LogP contribution >= 0.6 is 27.5 Å². The van der Waals surface area contributed by atoms with Crippen LogP contribution in [0.2, 0.25) is 5.02 Å². The van der Waals surface area contributed by atoms with E-state index in [1.165, 1.54) is 7.11 Å². The Morgan fingerprint density at radius 2 is 2.33 bits per heavy atom. The number of carbonyl (C=O) groups is 1. The highest BCUT2D eigenvalue weighted by atomic mass is 79.9. The molecule has 0 aliphatic carbocycles. The van der Waals surface area contributed by atoms with E-state index in [9.17, 15) is 9.90 Å². The predicted molar refractivity (Wildman–Crippen MR) is 74.0 cm³/mol. The predicted octanol–water partition coefficient (Wildman–Crippen LogP) is 2.23. The molecule has 0 heterocycles. The van der Waals surface area contributed by atoms with Crippen molar-refractivity contribution in [1.29, 1.82) is 0 Å². The molecule has 0 aliphatic rings. The third kappa shape index (κ3) is 4.94. The molecule has 0 aliphatic heterocycles. The Labute approximate surface area is 119 Å². The van der Waals surface area contributed by atoms with Crippen LogP contribution in [0.4, 0.5) is 0 Å². The zero-order chi connectivity index (χ0) is 13.5. The summed E-state index contributed by atoms with van der Waals surface area (Å²) in [6.45, 7) is 0.625. The van der Waals surface area contributed by atoms with E-state index < -0.39 is 6.10 Å². The highest BCUT2D eigenvalue weighted by Crippen LogP contribution is 2.20. The minimum atomic E-state index is -0.576. The van der Waals surface area contributed by atoms with Crippen LogP contribution in [0.25, 0.3) is 0 Å². The third-order valence-electron chi connectivity index (χ3n) is 2.30. The van der Waals surface area contributed by atoms with Crippen LogP contribution in [0.1, 0.15) is 16.8 Å². The first kappa shape index (κ1) is 15.4. The van der Waals surface area contributed by atoms with Gasteiger partial charge in [-0.3, -0.25) is 4.79 Å². The summed E-state index contributed by atoms with van der Waals surface area (Å²) in [4.78, 5) is 11.8. The van der Waals surface area contributed by atoms with E-state index in [-0.39, 0.29) is 12.5 Å². The molecule has 0 spiro atoms. The summed E-state index contributed by atoms with van der Waals surface area (Å²) in [5.74, 6) is -0.258. The van der Waals surface area contributed by atoms with Gasteiger partial charge in [0.05, 0.1) is 23.3 Å². The van der Waals surface area contributed by atoms with Gasteiger partial charge >= 0.3 is 0 Å². The van der Waals surface area contributed by atoms with Crippen LogP contribution in [0.3, 0.4) is 0 Å². The second-order valence-electron chi connectivity index (χ2n) is 3.78. The fourth-order valence-corrected chi connectivity index (χ4v) is 1.96. The molecular formula is C12H15BrClNO3. The summed E-state index contributed by atoms with van der Waals surface area (Å²) in [5, 5.41) is 12.5. The SMILES string of the molecule is COCC(O)CCNC(=O)c1cc(Br)ccc1Cl. The summed E-state index contributed by atoms with van der Waals surface area (Å²) >= 11 is 9.21. The maximum Gasteiger partial charge on any atom is 0.252 e. The Morgan fingerprint density at radius 3 is 3.00 bits per heavy atom. The fraction of sp³-hybridized carbons (Fsp3) is 0.417. The number of nitrogens with one attached hydrogen (secondary N) is 1. The lowest BCUT2D eigenvalue weighted by atomic mass is 10.2. The van der Waals surface area contributed by atoms with Crippen molar-refractivity contribution in [2.75, 3.05) is 20.3 Å². The molecular weight excluding hydrogens is 321 g/mol. The lowest BCUT2D eigenvalue weighted by Crippen LogP contribution is -2.28. The molecule has 1 rings (SSSR count). The molecule has 4 nitrogen and oxygen atoms in total. The molecule has 2 N–H and O–H groups in total. The number of halogens is 2. The van der Waals surface area contributed by atoms with Crippen molar-refractivity contribution in [1.82, 2.24) is 5.32 Å². The molecule has 18 heavy (non-hydrogen) atoms. The molecule has 1 unspecified atom stereocenters. The van der Waals surface area contributed by atoms with Gasteiger partial charge in [-0.2, -0.15) is 0 Å². The third-order valence-corrected chi connectivity index (χ3v) is 3.12. The van der Waals surface area contributed by atoms with Gasteiger partial charge in [0.1, 0.15) is 0 Å². The number of aliphatic hydroxyl groups is 1. The Balaban J connectivity index is 2.48. The molecule has 0 saturated heterocycles. The number of rotatable bonds is 6. The highest BCUT2D eigenvalue weighted by molar-refractivity contribution is 9.10. The average Bonchev–Trinajstić information content (AvgIpc) is 2.32. The lowest BCUT2D eigenvalue weighted by molar-refractivity contribution is 0.0587.